The first-order chi connectivity index (χ1) is 8.29. The maximum absolute atomic E-state index is 6.04. The van der Waals surface area contributed by atoms with E-state index in [-0.39, 0.29) is 5.79 Å². The summed E-state index contributed by atoms with van der Waals surface area (Å²) in [5.74, 6) is -0.271. The van der Waals surface area contributed by atoms with Gasteiger partial charge in [0.15, 0.2) is 5.79 Å². The summed E-state index contributed by atoms with van der Waals surface area (Å²) in [5.41, 5.74) is 9.81. The Morgan fingerprint density at radius 3 is 2.47 bits per heavy atom. The predicted molar refractivity (Wildman–Crippen MR) is 66.2 cm³/mol. The molecule has 0 amide bonds. The van der Waals surface area contributed by atoms with Crippen LogP contribution < -0.4 is 5.73 Å². The quantitative estimate of drug-likeness (QED) is 0.698. The van der Waals surface area contributed by atoms with Gasteiger partial charge in [0.05, 0.1) is 13.2 Å². The van der Waals surface area contributed by atoms with E-state index in [1.165, 1.54) is 11.1 Å². The molecule has 0 radical (unpaired) electrons. The van der Waals surface area contributed by atoms with E-state index in [0.717, 1.165) is 51.0 Å². The molecule has 0 bridgehead atoms. The molecule has 2 fully saturated rings. The third-order valence-electron chi connectivity index (χ3n) is 3.94. The molecule has 3 aliphatic rings. The maximum Gasteiger partial charge on any atom is 0.169 e. The van der Waals surface area contributed by atoms with Crippen LogP contribution in [0.1, 0.15) is 32.1 Å². The first-order valence-electron chi connectivity index (χ1n) is 6.41. The van der Waals surface area contributed by atoms with E-state index >= 15 is 0 Å². The van der Waals surface area contributed by atoms with Crippen molar-refractivity contribution in [3.05, 3.63) is 35.1 Å². The smallest absolute Gasteiger partial charge is 0.169 e. The highest BCUT2D eigenvalue weighted by Gasteiger charge is 2.39. The van der Waals surface area contributed by atoms with E-state index in [2.05, 4.69) is 6.08 Å². The van der Waals surface area contributed by atoms with Crippen molar-refractivity contribution in [2.24, 2.45) is 5.73 Å². The zero-order valence-electron chi connectivity index (χ0n) is 10.1. The SMILES string of the molecule is NC1=CC=CCC1=C1CCC2(CC1)OCCO2. The van der Waals surface area contributed by atoms with Crippen molar-refractivity contribution in [1.82, 2.24) is 0 Å². The molecule has 1 spiro atoms. The van der Waals surface area contributed by atoms with Crippen molar-refractivity contribution < 1.29 is 9.47 Å². The highest BCUT2D eigenvalue weighted by atomic mass is 16.7. The summed E-state index contributed by atoms with van der Waals surface area (Å²) in [6.45, 7) is 1.49. The minimum Gasteiger partial charge on any atom is -0.398 e. The zero-order valence-corrected chi connectivity index (χ0v) is 10.1. The molecule has 0 aromatic carbocycles. The maximum atomic E-state index is 6.04. The van der Waals surface area contributed by atoms with Gasteiger partial charge in [-0.15, -0.1) is 0 Å². The van der Waals surface area contributed by atoms with Crippen LogP contribution in [0.2, 0.25) is 0 Å². The average Bonchev–Trinajstić information content (AvgIpc) is 2.80. The molecule has 3 nitrogen and oxygen atoms in total. The Labute approximate surface area is 102 Å². The first-order valence-corrected chi connectivity index (χ1v) is 6.41. The summed E-state index contributed by atoms with van der Waals surface area (Å²) in [6, 6.07) is 0. The van der Waals surface area contributed by atoms with Gasteiger partial charge >= 0.3 is 0 Å². The van der Waals surface area contributed by atoms with Crippen LogP contribution in [0.15, 0.2) is 35.1 Å². The molecule has 92 valence electrons. The molecule has 0 aromatic heterocycles. The summed E-state index contributed by atoms with van der Waals surface area (Å²) >= 11 is 0. The van der Waals surface area contributed by atoms with Gasteiger partial charge in [0.25, 0.3) is 0 Å². The standard InChI is InChI=1S/C14H19NO2/c15-13-4-2-1-3-12(13)11-5-7-14(8-6-11)16-9-10-17-14/h1-2,4H,3,5-10,15H2. The third kappa shape index (κ3) is 2.05. The monoisotopic (exact) mass is 233 g/mol. The van der Waals surface area contributed by atoms with Gasteiger partial charge in [-0.1, -0.05) is 17.7 Å². The van der Waals surface area contributed by atoms with Crippen molar-refractivity contribution in [2.75, 3.05) is 13.2 Å². The second kappa shape index (κ2) is 4.31. The molecule has 3 heteroatoms. The number of allylic oxidation sites excluding steroid dienone is 5. The number of hydrogen-bond acceptors (Lipinski definition) is 3. The fourth-order valence-electron chi connectivity index (χ4n) is 2.94. The Balaban J connectivity index is 1.74. The fraction of sp³-hybridized carbons (Fsp3) is 0.571. The molecular weight excluding hydrogens is 214 g/mol. The van der Waals surface area contributed by atoms with Gasteiger partial charge in [-0.2, -0.15) is 0 Å². The van der Waals surface area contributed by atoms with Gasteiger partial charge in [-0.05, 0) is 30.9 Å². The molecule has 2 aliphatic carbocycles. The van der Waals surface area contributed by atoms with Crippen LogP contribution in [-0.4, -0.2) is 19.0 Å². The fourth-order valence-corrected chi connectivity index (χ4v) is 2.94. The minimum atomic E-state index is -0.271. The van der Waals surface area contributed by atoms with Gasteiger partial charge in [0, 0.05) is 18.5 Å². The van der Waals surface area contributed by atoms with E-state index in [9.17, 15) is 0 Å². The molecule has 0 unspecified atom stereocenters. The molecule has 0 aromatic rings. The summed E-state index contributed by atoms with van der Waals surface area (Å²) in [7, 11) is 0. The van der Waals surface area contributed by atoms with Crippen molar-refractivity contribution in [3.63, 3.8) is 0 Å². The second-order valence-corrected chi connectivity index (χ2v) is 4.94. The van der Waals surface area contributed by atoms with Crippen molar-refractivity contribution in [3.8, 4) is 0 Å². The number of ether oxygens (including phenoxy) is 2. The summed E-state index contributed by atoms with van der Waals surface area (Å²) in [5, 5.41) is 0. The van der Waals surface area contributed by atoms with E-state index < -0.39 is 0 Å². The van der Waals surface area contributed by atoms with Gasteiger partial charge in [-0.25, -0.2) is 0 Å². The van der Waals surface area contributed by atoms with E-state index in [1.807, 2.05) is 12.2 Å². The summed E-state index contributed by atoms with van der Waals surface area (Å²) in [4.78, 5) is 0. The van der Waals surface area contributed by atoms with Crippen LogP contribution in [0.4, 0.5) is 0 Å². The van der Waals surface area contributed by atoms with Crippen LogP contribution in [0.3, 0.4) is 0 Å². The van der Waals surface area contributed by atoms with Crippen LogP contribution in [-0.2, 0) is 9.47 Å². The van der Waals surface area contributed by atoms with Crippen molar-refractivity contribution >= 4 is 0 Å². The Hall–Kier alpha value is -1.06. The number of rotatable bonds is 0. The number of hydrogen-bond donors (Lipinski definition) is 1. The molecule has 1 aliphatic heterocycles. The molecule has 17 heavy (non-hydrogen) atoms. The molecule has 1 saturated heterocycles. The highest BCUT2D eigenvalue weighted by molar-refractivity contribution is 5.41. The lowest BCUT2D eigenvalue weighted by atomic mass is 9.84. The van der Waals surface area contributed by atoms with Gasteiger partial charge in [0.2, 0.25) is 0 Å². The molecule has 1 heterocycles. The zero-order chi connectivity index (χ0) is 11.7. The molecular formula is C14H19NO2. The normalized spacial score (nSPS) is 27.6. The van der Waals surface area contributed by atoms with E-state index in [4.69, 9.17) is 15.2 Å². The van der Waals surface area contributed by atoms with Crippen molar-refractivity contribution in [2.45, 2.75) is 37.9 Å². The lowest BCUT2D eigenvalue weighted by molar-refractivity contribution is -0.171. The Kier molecular flexibility index (Phi) is 2.81. The summed E-state index contributed by atoms with van der Waals surface area (Å²) < 4.78 is 11.5. The highest BCUT2D eigenvalue weighted by Crippen LogP contribution is 2.40. The minimum absolute atomic E-state index is 0.271. The van der Waals surface area contributed by atoms with Crippen LogP contribution in [0.25, 0.3) is 0 Å². The van der Waals surface area contributed by atoms with Gasteiger partial charge in [-0.3, -0.25) is 0 Å². The van der Waals surface area contributed by atoms with Crippen LogP contribution >= 0.6 is 0 Å². The third-order valence-corrected chi connectivity index (χ3v) is 3.94. The van der Waals surface area contributed by atoms with Crippen molar-refractivity contribution in [1.29, 1.82) is 0 Å². The lowest BCUT2D eigenvalue weighted by Gasteiger charge is -2.33. The average molecular weight is 233 g/mol. The number of nitrogens with two attached hydrogens (primary N) is 1. The summed E-state index contributed by atoms with van der Waals surface area (Å²) in [6.07, 6.45) is 11.2. The Morgan fingerprint density at radius 2 is 1.82 bits per heavy atom. The molecule has 2 N–H and O–H groups in total. The Bertz CT molecular complexity index is 388. The molecule has 3 rings (SSSR count). The topological polar surface area (TPSA) is 44.5 Å². The Morgan fingerprint density at radius 1 is 1.12 bits per heavy atom. The lowest BCUT2D eigenvalue weighted by Crippen LogP contribution is -2.33. The molecule has 0 atom stereocenters. The van der Waals surface area contributed by atoms with E-state index in [1.54, 1.807) is 0 Å². The van der Waals surface area contributed by atoms with E-state index in [0.29, 0.717) is 0 Å². The van der Waals surface area contributed by atoms with Gasteiger partial charge < -0.3 is 15.2 Å². The van der Waals surface area contributed by atoms with Crippen LogP contribution in [0, 0.1) is 0 Å². The van der Waals surface area contributed by atoms with Crippen LogP contribution in [0.5, 0.6) is 0 Å². The second-order valence-electron chi connectivity index (χ2n) is 4.94. The van der Waals surface area contributed by atoms with Gasteiger partial charge in [0.1, 0.15) is 0 Å². The predicted octanol–water partition coefficient (Wildman–Crippen LogP) is 2.40. The molecule has 1 saturated carbocycles. The largest absolute Gasteiger partial charge is 0.398 e. The first kappa shape index (κ1) is 11.1.